The van der Waals surface area contributed by atoms with Gasteiger partial charge >= 0.3 is 9.28 Å². The van der Waals surface area contributed by atoms with Crippen LogP contribution in [-0.2, 0) is 8.85 Å². The molecule has 0 aliphatic heterocycles. The fourth-order valence-electron chi connectivity index (χ4n) is 2.35. The lowest BCUT2D eigenvalue weighted by Crippen LogP contribution is -2.21. The van der Waals surface area contributed by atoms with E-state index < -0.39 is 9.28 Å². The van der Waals surface area contributed by atoms with Gasteiger partial charge in [0.15, 0.2) is 0 Å². The Morgan fingerprint density at radius 1 is 0.667 bits per heavy atom. The number of unbranched alkanes of at least 4 members (excludes halogenated alkanes) is 10. The molecular formula is C18H38O2Si. The molecule has 0 saturated carbocycles. The molecule has 3 heteroatoms. The molecule has 0 aromatic heterocycles. The van der Waals surface area contributed by atoms with Gasteiger partial charge in [0.05, 0.1) is 0 Å². The van der Waals surface area contributed by atoms with E-state index >= 15 is 0 Å². The fraction of sp³-hybridized carbons (Fsp3) is 0.889. The summed E-state index contributed by atoms with van der Waals surface area (Å²) in [4.78, 5) is 0. The summed E-state index contributed by atoms with van der Waals surface area (Å²) in [6.07, 6.45) is 15.7. The molecule has 0 saturated heterocycles. The molecule has 0 aliphatic rings. The predicted molar refractivity (Wildman–Crippen MR) is 96.0 cm³/mol. The fourth-order valence-corrected chi connectivity index (χ4v) is 3.51. The van der Waals surface area contributed by atoms with E-state index in [9.17, 15) is 0 Å². The molecule has 0 fully saturated rings. The summed E-state index contributed by atoms with van der Waals surface area (Å²) in [5.74, 6) is 0. The van der Waals surface area contributed by atoms with Gasteiger partial charge in [0.2, 0.25) is 0 Å². The first-order valence-electron chi connectivity index (χ1n) is 9.20. The van der Waals surface area contributed by atoms with Crippen LogP contribution < -0.4 is 0 Å². The maximum absolute atomic E-state index is 5.84. The third-order valence-corrected chi connectivity index (χ3v) is 5.27. The average Bonchev–Trinajstić information content (AvgIpc) is 2.51. The van der Waals surface area contributed by atoms with Gasteiger partial charge in [0, 0.05) is 13.2 Å². The van der Waals surface area contributed by atoms with Crippen LogP contribution in [0.15, 0.2) is 12.3 Å². The Morgan fingerprint density at radius 3 is 1.43 bits per heavy atom. The Hall–Kier alpha value is -0.123. The smallest absolute Gasteiger partial charge is 0.347 e. The van der Waals surface area contributed by atoms with Gasteiger partial charge in [0.1, 0.15) is 0 Å². The summed E-state index contributed by atoms with van der Waals surface area (Å²) >= 11 is 0. The monoisotopic (exact) mass is 314 g/mol. The highest BCUT2D eigenvalue weighted by molar-refractivity contribution is 6.50. The van der Waals surface area contributed by atoms with Crippen molar-refractivity contribution in [3.8, 4) is 0 Å². The van der Waals surface area contributed by atoms with Crippen molar-refractivity contribution in [2.45, 2.75) is 90.9 Å². The third kappa shape index (κ3) is 16.1. The van der Waals surface area contributed by atoms with Crippen LogP contribution in [0.1, 0.15) is 90.9 Å². The minimum Gasteiger partial charge on any atom is -0.394 e. The van der Waals surface area contributed by atoms with Gasteiger partial charge in [-0.05, 0) is 12.8 Å². The Balaban J connectivity index is 3.31. The second-order valence-corrected chi connectivity index (χ2v) is 7.76. The molecule has 0 bridgehead atoms. The van der Waals surface area contributed by atoms with Crippen LogP contribution in [0.25, 0.3) is 0 Å². The molecule has 0 atom stereocenters. The first-order chi connectivity index (χ1) is 10.3. The van der Waals surface area contributed by atoms with E-state index in [4.69, 9.17) is 8.85 Å². The number of hydrogen-bond acceptors (Lipinski definition) is 2. The van der Waals surface area contributed by atoms with Gasteiger partial charge in [-0.15, -0.1) is 6.58 Å². The van der Waals surface area contributed by atoms with Crippen molar-refractivity contribution in [2.24, 2.45) is 0 Å². The maximum Gasteiger partial charge on any atom is 0.347 e. The van der Waals surface area contributed by atoms with Crippen molar-refractivity contribution in [2.75, 3.05) is 13.2 Å². The molecule has 0 amide bonds. The number of rotatable bonds is 17. The summed E-state index contributed by atoms with van der Waals surface area (Å²) in [7, 11) is -1.58. The van der Waals surface area contributed by atoms with E-state index in [0.717, 1.165) is 13.2 Å². The summed E-state index contributed by atoms with van der Waals surface area (Å²) < 4.78 is 11.7. The zero-order valence-corrected chi connectivity index (χ0v) is 15.7. The standard InChI is InChI=1S/C18H38O2Si/c1-4-7-9-11-13-15-17-19-21(6-3)20-18-16-14-12-10-8-5-2/h6,21H,3-5,7-18H2,1-2H3. The van der Waals surface area contributed by atoms with Crippen molar-refractivity contribution < 1.29 is 8.85 Å². The van der Waals surface area contributed by atoms with Crippen LogP contribution in [-0.4, -0.2) is 22.5 Å². The van der Waals surface area contributed by atoms with Gasteiger partial charge in [-0.3, -0.25) is 0 Å². The lowest BCUT2D eigenvalue weighted by Gasteiger charge is -2.13. The van der Waals surface area contributed by atoms with Crippen molar-refractivity contribution in [1.82, 2.24) is 0 Å². The second-order valence-electron chi connectivity index (χ2n) is 5.88. The lowest BCUT2D eigenvalue weighted by atomic mass is 10.1. The largest absolute Gasteiger partial charge is 0.394 e. The molecule has 0 radical (unpaired) electrons. The SMILES string of the molecule is C=C[SiH](OCCCCCCCC)OCCCCCCCC. The summed E-state index contributed by atoms with van der Waals surface area (Å²) in [5, 5.41) is 0. The van der Waals surface area contributed by atoms with Crippen LogP contribution in [0.5, 0.6) is 0 Å². The van der Waals surface area contributed by atoms with Gasteiger partial charge in [-0.1, -0.05) is 83.8 Å². The molecule has 126 valence electrons. The van der Waals surface area contributed by atoms with Crippen LogP contribution in [0.2, 0.25) is 0 Å². The molecule has 0 aromatic carbocycles. The second kappa shape index (κ2) is 17.9. The molecule has 0 rings (SSSR count). The quantitative estimate of drug-likeness (QED) is 0.254. The van der Waals surface area contributed by atoms with Crippen LogP contribution in [0.4, 0.5) is 0 Å². The molecule has 21 heavy (non-hydrogen) atoms. The van der Waals surface area contributed by atoms with E-state index in [2.05, 4.69) is 20.4 Å². The van der Waals surface area contributed by atoms with Crippen LogP contribution in [0, 0.1) is 0 Å². The van der Waals surface area contributed by atoms with Crippen molar-refractivity contribution in [3.05, 3.63) is 12.3 Å². The Kier molecular flexibility index (Phi) is 17.8. The predicted octanol–water partition coefficient (Wildman–Crippen LogP) is 5.69. The normalized spacial score (nSPS) is 11.2. The van der Waals surface area contributed by atoms with Crippen molar-refractivity contribution in [3.63, 3.8) is 0 Å². The van der Waals surface area contributed by atoms with Crippen LogP contribution >= 0.6 is 0 Å². The zero-order valence-electron chi connectivity index (χ0n) is 14.6. The highest BCUT2D eigenvalue weighted by Gasteiger charge is 2.07. The summed E-state index contributed by atoms with van der Waals surface area (Å²) in [6.45, 7) is 10.1. The summed E-state index contributed by atoms with van der Waals surface area (Å²) in [6, 6.07) is 0. The molecule has 0 heterocycles. The maximum atomic E-state index is 5.84. The van der Waals surface area contributed by atoms with E-state index in [1.165, 1.54) is 77.0 Å². The first kappa shape index (κ1) is 20.9. The van der Waals surface area contributed by atoms with E-state index in [1.807, 2.05) is 5.70 Å². The van der Waals surface area contributed by atoms with Crippen LogP contribution in [0.3, 0.4) is 0 Å². The minimum absolute atomic E-state index is 0.853. The number of hydrogen-bond donors (Lipinski definition) is 0. The summed E-state index contributed by atoms with van der Waals surface area (Å²) in [5.41, 5.74) is 1.91. The Labute approximate surface area is 135 Å². The topological polar surface area (TPSA) is 18.5 Å². The van der Waals surface area contributed by atoms with Crippen molar-refractivity contribution in [1.29, 1.82) is 0 Å². The molecule has 0 aliphatic carbocycles. The van der Waals surface area contributed by atoms with E-state index in [0.29, 0.717) is 0 Å². The van der Waals surface area contributed by atoms with E-state index in [1.54, 1.807) is 0 Å². The van der Waals surface area contributed by atoms with Gasteiger partial charge in [-0.2, -0.15) is 0 Å². The molecular weight excluding hydrogens is 276 g/mol. The average molecular weight is 315 g/mol. The highest BCUT2D eigenvalue weighted by Crippen LogP contribution is 2.07. The Morgan fingerprint density at radius 2 is 1.05 bits per heavy atom. The molecule has 0 N–H and O–H groups in total. The highest BCUT2D eigenvalue weighted by atomic mass is 28.3. The molecule has 0 spiro atoms. The molecule has 0 aromatic rings. The third-order valence-electron chi connectivity index (χ3n) is 3.75. The van der Waals surface area contributed by atoms with Crippen molar-refractivity contribution >= 4 is 9.28 Å². The minimum atomic E-state index is -1.58. The molecule has 0 unspecified atom stereocenters. The van der Waals surface area contributed by atoms with Gasteiger partial charge in [-0.25, -0.2) is 0 Å². The molecule has 2 nitrogen and oxygen atoms in total. The van der Waals surface area contributed by atoms with E-state index in [-0.39, 0.29) is 0 Å². The lowest BCUT2D eigenvalue weighted by molar-refractivity contribution is 0.198. The Bertz CT molecular complexity index is 191. The van der Waals surface area contributed by atoms with Gasteiger partial charge in [0.25, 0.3) is 0 Å². The first-order valence-corrected chi connectivity index (χ1v) is 10.8. The van der Waals surface area contributed by atoms with Gasteiger partial charge < -0.3 is 8.85 Å². The zero-order chi connectivity index (χ0) is 15.6.